The first-order valence-corrected chi connectivity index (χ1v) is 9.15. The summed E-state index contributed by atoms with van der Waals surface area (Å²) in [4.78, 5) is 23.0. The van der Waals surface area contributed by atoms with Crippen molar-refractivity contribution in [3.05, 3.63) is 65.7 Å². The molecule has 2 aromatic rings. The third-order valence-corrected chi connectivity index (χ3v) is 4.19. The first-order valence-electron chi connectivity index (χ1n) is 9.15. The van der Waals surface area contributed by atoms with Gasteiger partial charge in [-0.25, -0.2) is 0 Å². The maximum Gasteiger partial charge on any atom is 0.253 e. The molecule has 4 nitrogen and oxygen atoms in total. The van der Waals surface area contributed by atoms with E-state index in [-0.39, 0.29) is 5.91 Å². The standard InChI is InChI=1S/C22H27NO3/c1-18-12-14-19(15-13-18)17-26-21(11-7-2-3-8-16-24)22(25)23-20-9-5-4-6-10-20/h4-6,9-10,12-16,21H,2-3,7-8,11,17H2,1H3,(H,23,25). The summed E-state index contributed by atoms with van der Waals surface area (Å²) in [6.45, 7) is 2.45. The lowest BCUT2D eigenvalue weighted by Crippen LogP contribution is -2.30. The number of rotatable bonds is 11. The van der Waals surface area contributed by atoms with Gasteiger partial charge in [-0.3, -0.25) is 4.79 Å². The SMILES string of the molecule is Cc1ccc(COC(CCCCCC=O)C(=O)Nc2ccccc2)cc1. The van der Waals surface area contributed by atoms with Gasteiger partial charge in [0, 0.05) is 12.1 Å². The lowest BCUT2D eigenvalue weighted by atomic mass is 10.1. The number of benzene rings is 2. The molecule has 0 spiro atoms. The normalized spacial score (nSPS) is 11.7. The number of hydrogen-bond donors (Lipinski definition) is 1. The van der Waals surface area contributed by atoms with Crippen molar-refractivity contribution in [3.63, 3.8) is 0 Å². The first kappa shape index (κ1) is 19.9. The highest BCUT2D eigenvalue weighted by atomic mass is 16.5. The Balaban J connectivity index is 1.91. The van der Waals surface area contributed by atoms with Crippen LogP contribution in [0.2, 0.25) is 0 Å². The Morgan fingerprint density at radius 2 is 1.77 bits per heavy atom. The Morgan fingerprint density at radius 1 is 1.04 bits per heavy atom. The number of carbonyl (C=O) groups is 2. The molecule has 0 bridgehead atoms. The van der Waals surface area contributed by atoms with Gasteiger partial charge in [-0.2, -0.15) is 0 Å². The molecule has 138 valence electrons. The molecule has 2 rings (SSSR count). The average Bonchev–Trinajstić information content (AvgIpc) is 2.66. The highest BCUT2D eigenvalue weighted by Gasteiger charge is 2.19. The third-order valence-electron chi connectivity index (χ3n) is 4.19. The minimum Gasteiger partial charge on any atom is -0.364 e. The Morgan fingerprint density at radius 3 is 2.46 bits per heavy atom. The molecule has 1 atom stereocenters. The van der Waals surface area contributed by atoms with E-state index < -0.39 is 6.10 Å². The van der Waals surface area contributed by atoms with Crippen LogP contribution in [0, 0.1) is 6.92 Å². The van der Waals surface area contributed by atoms with Crippen molar-refractivity contribution in [2.45, 2.75) is 51.7 Å². The quantitative estimate of drug-likeness (QED) is 0.472. The van der Waals surface area contributed by atoms with Gasteiger partial charge in [0.05, 0.1) is 6.61 Å². The number of ether oxygens (including phenoxy) is 1. The lowest BCUT2D eigenvalue weighted by molar-refractivity contribution is -0.128. The monoisotopic (exact) mass is 353 g/mol. The molecular formula is C22H27NO3. The minimum atomic E-state index is -0.507. The summed E-state index contributed by atoms with van der Waals surface area (Å²) in [5.74, 6) is -0.126. The molecule has 1 N–H and O–H groups in total. The molecule has 1 unspecified atom stereocenters. The minimum absolute atomic E-state index is 0.126. The summed E-state index contributed by atoms with van der Waals surface area (Å²) in [6.07, 6.45) is 4.28. The Hall–Kier alpha value is -2.46. The molecule has 1 amide bonds. The van der Waals surface area contributed by atoms with Crippen LogP contribution in [0.25, 0.3) is 0 Å². The van der Waals surface area contributed by atoms with Gasteiger partial charge < -0.3 is 14.8 Å². The fourth-order valence-corrected chi connectivity index (χ4v) is 2.65. The molecule has 0 saturated heterocycles. The largest absolute Gasteiger partial charge is 0.364 e. The van der Waals surface area contributed by atoms with E-state index in [0.717, 1.165) is 36.8 Å². The van der Waals surface area contributed by atoms with Crippen LogP contribution in [-0.4, -0.2) is 18.3 Å². The van der Waals surface area contributed by atoms with E-state index in [1.807, 2.05) is 61.5 Å². The number of aryl methyl sites for hydroxylation is 1. The van der Waals surface area contributed by atoms with E-state index in [1.54, 1.807) is 0 Å². The van der Waals surface area contributed by atoms with E-state index >= 15 is 0 Å². The van der Waals surface area contributed by atoms with Gasteiger partial charge in [0.25, 0.3) is 5.91 Å². The van der Waals surface area contributed by atoms with Crippen molar-refractivity contribution in [1.29, 1.82) is 0 Å². The van der Waals surface area contributed by atoms with Gasteiger partial charge in [-0.1, -0.05) is 60.9 Å². The van der Waals surface area contributed by atoms with Crippen molar-refractivity contribution in [2.75, 3.05) is 5.32 Å². The maximum atomic E-state index is 12.6. The predicted octanol–water partition coefficient (Wildman–Crippen LogP) is 4.67. The topological polar surface area (TPSA) is 55.4 Å². The Labute approximate surface area is 155 Å². The lowest BCUT2D eigenvalue weighted by Gasteiger charge is -2.18. The van der Waals surface area contributed by atoms with Crippen molar-refractivity contribution < 1.29 is 14.3 Å². The van der Waals surface area contributed by atoms with Crippen molar-refractivity contribution in [3.8, 4) is 0 Å². The van der Waals surface area contributed by atoms with Crippen LogP contribution >= 0.6 is 0 Å². The summed E-state index contributed by atoms with van der Waals surface area (Å²) in [7, 11) is 0. The number of anilines is 1. The fourth-order valence-electron chi connectivity index (χ4n) is 2.65. The highest BCUT2D eigenvalue weighted by Crippen LogP contribution is 2.14. The van der Waals surface area contributed by atoms with Crippen LogP contribution in [-0.2, 0) is 20.9 Å². The number of para-hydroxylation sites is 1. The summed E-state index contributed by atoms with van der Waals surface area (Å²) >= 11 is 0. The Kier molecular flexibility index (Phi) is 8.56. The molecule has 0 fully saturated rings. The molecule has 0 aromatic heterocycles. The maximum absolute atomic E-state index is 12.6. The Bertz CT molecular complexity index is 668. The second-order valence-electron chi connectivity index (χ2n) is 6.45. The summed E-state index contributed by atoms with van der Waals surface area (Å²) in [5, 5.41) is 2.92. The van der Waals surface area contributed by atoms with Crippen LogP contribution in [0.5, 0.6) is 0 Å². The fraction of sp³-hybridized carbons (Fsp3) is 0.364. The van der Waals surface area contributed by atoms with Gasteiger partial charge in [-0.15, -0.1) is 0 Å². The number of amides is 1. The molecule has 26 heavy (non-hydrogen) atoms. The molecule has 4 heteroatoms. The van der Waals surface area contributed by atoms with Crippen LogP contribution in [0.3, 0.4) is 0 Å². The van der Waals surface area contributed by atoms with Gasteiger partial charge in [0.2, 0.25) is 0 Å². The van der Waals surface area contributed by atoms with E-state index in [9.17, 15) is 9.59 Å². The molecule has 2 aromatic carbocycles. The molecule has 0 radical (unpaired) electrons. The zero-order valence-corrected chi connectivity index (χ0v) is 15.3. The van der Waals surface area contributed by atoms with Crippen molar-refractivity contribution >= 4 is 17.9 Å². The van der Waals surface area contributed by atoms with Gasteiger partial charge in [0.15, 0.2) is 0 Å². The van der Waals surface area contributed by atoms with E-state index in [1.165, 1.54) is 5.56 Å². The second kappa shape index (κ2) is 11.2. The first-order chi connectivity index (χ1) is 12.7. The molecule has 0 aliphatic carbocycles. The molecule has 0 aliphatic heterocycles. The van der Waals surface area contributed by atoms with E-state index in [2.05, 4.69) is 5.32 Å². The molecular weight excluding hydrogens is 326 g/mol. The summed E-state index contributed by atoms with van der Waals surface area (Å²) < 4.78 is 5.93. The van der Waals surface area contributed by atoms with E-state index in [0.29, 0.717) is 19.4 Å². The molecule has 0 aliphatic rings. The zero-order chi connectivity index (χ0) is 18.6. The average molecular weight is 353 g/mol. The van der Waals surface area contributed by atoms with Crippen LogP contribution in [0.1, 0.15) is 43.2 Å². The van der Waals surface area contributed by atoms with Gasteiger partial charge in [0.1, 0.15) is 12.4 Å². The second-order valence-corrected chi connectivity index (χ2v) is 6.45. The number of hydrogen-bond acceptors (Lipinski definition) is 3. The summed E-state index contributed by atoms with van der Waals surface area (Å²) in [5.41, 5.74) is 3.01. The highest BCUT2D eigenvalue weighted by molar-refractivity contribution is 5.94. The number of unbranched alkanes of at least 4 members (excludes halogenated alkanes) is 3. The van der Waals surface area contributed by atoms with Crippen molar-refractivity contribution in [2.24, 2.45) is 0 Å². The smallest absolute Gasteiger partial charge is 0.253 e. The number of carbonyl (C=O) groups excluding carboxylic acids is 2. The summed E-state index contributed by atoms with van der Waals surface area (Å²) in [6, 6.07) is 17.5. The number of nitrogens with one attached hydrogen (secondary N) is 1. The van der Waals surface area contributed by atoms with E-state index in [4.69, 9.17) is 4.74 Å². The van der Waals surface area contributed by atoms with Crippen LogP contribution in [0.15, 0.2) is 54.6 Å². The molecule has 0 saturated carbocycles. The third kappa shape index (κ3) is 7.19. The van der Waals surface area contributed by atoms with Gasteiger partial charge in [-0.05, 0) is 37.5 Å². The van der Waals surface area contributed by atoms with Crippen LogP contribution < -0.4 is 5.32 Å². The predicted molar refractivity (Wildman–Crippen MR) is 104 cm³/mol. The zero-order valence-electron chi connectivity index (χ0n) is 15.3. The van der Waals surface area contributed by atoms with Crippen LogP contribution in [0.4, 0.5) is 5.69 Å². The van der Waals surface area contributed by atoms with Crippen molar-refractivity contribution in [1.82, 2.24) is 0 Å². The molecule has 0 heterocycles. The number of aldehydes is 1. The van der Waals surface area contributed by atoms with Gasteiger partial charge >= 0.3 is 0 Å².